The van der Waals surface area contributed by atoms with E-state index < -0.39 is 0 Å². The number of nitrogens with zero attached hydrogens (tertiary/aromatic N) is 1. The zero-order valence-electron chi connectivity index (χ0n) is 10.5. The van der Waals surface area contributed by atoms with Crippen LogP contribution in [0.2, 0.25) is 0 Å². The number of hydrogen-bond donors (Lipinski definition) is 2. The number of thiocarbonyl (C=S) groups is 1. The van der Waals surface area contributed by atoms with E-state index in [1.165, 1.54) is 0 Å². The minimum atomic E-state index is 0.146. The molecule has 0 saturated carbocycles. The van der Waals surface area contributed by atoms with E-state index in [1.807, 2.05) is 18.2 Å². The summed E-state index contributed by atoms with van der Waals surface area (Å²) in [6.45, 7) is 3.86. The van der Waals surface area contributed by atoms with E-state index in [2.05, 4.69) is 27.8 Å². The lowest BCUT2D eigenvalue weighted by Crippen LogP contribution is -2.28. The maximum absolute atomic E-state index is 9.13. The minimum absolute atomic E-state index is 0.146. The zero-order valence-corrected chi connectivity index (χ0v) is 12.9. The van der Waals surface area contributed by atoms with Gasteiger partial charge >= 0.3 is 0 Å². The van der Waals surface area contributed by atoms with Crippen molar-refractivity contribution < 1.29 is 5.11 Å². The highest BCUT2D eigenvalue weighted by Crippen LogP contribution is 2.27. The van der Waals surface area contributed by atoms with Crippen molar-refractivity contribution in [1.29, 1.82) is 0 Å². The number of nitrogens with two attached hydrogens (primary N) is 1. The summed E-state index contributed by atoms with van der Waals surface area (Å²) in [5, 5.41) is 9.13. The summed E-state index contributed by atoms with van der Waals surface area (Å²) in [7, 11) is 0. The van der Waals surface area contributed by atoms with Crippen molar-refractivity contribution >= 4 is 38.8 Å². The quantitative estimate of drug-likeness (QED) is 0.754. The largest absolute Gasteiger partial charge is 0.395 e. The van der Waals surface area contributed by atoms with Crippen molar-refractivity contribution in [2.45, 2.75) is 19.8 Å². The number of unbranched alkanes of at least 4 members (excludes halogenated alkanes) is 1. The molecule has 1 rings (SSSR count). The predicted octanol–water partition coefficient (Wildman–Crippen LogP) is 2.68. The fourth-order valence-electron chi connectivity index (χ4n) is 1.74. The molecule has 18 heavy (non-hydrogen) atoms. The molecular weight excluding hydrogens is 312 g/mol. The topological polar surface area (TPSA) is 49.5 Å². The third-order valence-electron chi connectivity index (χ3n) is 2.72. The normalized spacial score (nSPS) is 10.4. The Bertz CT molecular complexity index is 412. The van der Waals surface area contributed by atoms with E-state index in [9.17, 15) is 0 Å². The highest BCUT2D eigenvalue weighted by atomic mass is 79.9. The van der Waals surface area contributed by atoms with E-state index in [-0.39, 0.29) is 6.61 Å². The third kappa shape index (κ3) is 4.23. The van der Waals surface area contributed by atoms with Crippen LogP contribution in [0.1, 0.15) is 25.3 Å². The lowest BCUT2D eigenvalue weighted by molar-refractivity contribution is 0.301. The van der Waals surface area contributed by atoms with Crippen LogP contribution in [0.4, 0.5) is 5.69 Å². The molecule has 0 spiro atoms. The Labute approximate surface area is 122 Å². The first kappa shape index (κ1) is 15.4. The number of aliphatic hydroxyl groups excluding tert-OH is 1. The first-order valence-corrected chi connectivity index (χ1v) is 7.25. The van der Waals surface area contributed by atoms with Crippen molar-refractivity contribution in [2.75, 3.05) is 24.6 Å². The second-order valence-electron chi connectivity index (χ2n) is 4.09. The van der Waals surface area contributed by atoms with Gasteiger partial charge in [-0.05, 0) is 40.5 Å². The second kappa shape index (κ2) is 7.71. The van der Waals surface area contributed by atoms with Crippen molar-refractivity contribution in [3.63, 3.8) is 0 Å². The molecule has 3 nitrogen and oxygen atoms in total. The van der Waals surface area contributed by atoms with Crippen molar-refractivity contribution in [2.24, 2.45) is 5.73 Å². The first-order chi connectivity index (χ1) is 8.60. The Morgan fingerprint density at radius 2 is 2.17 bits per heavy atom. The fraction of sp³-hybridized carbons (Fsp3) is 0.462. The number of halogens is 1. The number of hydrogen-bond acceptors (Lipinski definition) is 3. The summed E-state index contributed by atoms with van der Waals surface area (Å²) in [6, 6.07) is 5.83. The molecule has 1 aromatic rings. The monoisotopic (exact) mass is 330 g/mol. The van der Waals surface area contributed by atoms with Gasteiger partial charge in [-0.1, -0.05) is 25.6 Å². The van der Waals surface area contributed by atoms with Crippen LogP contribution in [-0.4, -0.2) is 29.8 Å². The van der Waals surface area contributed by atoms with Crippen LogP contribution < -0.4 is 10.6 Å². The molecule has 0 amide bonds. The van der Waals surface area contributed by atoms with Crippen molar-refractivity contribution in [1.82, 2.24) is 0 Å². The minimum Gasteiger partial charge on any atom is -0.395 e. The SMILES string of the molecule is CCCCN(CCO)c1ccc(C(N)=S)cc1Br. The van der Waals surface area contributed by atoms with Crippen LogP contribution >= 0.6 is 28.1 Å². The van der Waals surface area contributed by atoms with Gasteiger partial charge in [0.2, 0.25) is 0 Å². The van der Waals surface area contributed by atoms with Crippen LogP contribution in [-0.2, 0) is 0 Å². The van der Waals surface area contributed by atoms with E-state index in [1.54, 1.807) is 0 Å². The molecule has 0 aliphatic rings. The average Bonchev–Trinajstić information content (AvgIpc) is 2.34. The number of rotatable bonds is 7. The molecular formula is C13H19BrN2OS. The maximum atomic E-state index is 9.13. The van der Waals surface area contributed by atoms with Crippen LogP contribution in [0.25, 0.3) is 0 Å². The van der Waals surface area contributed by atoms with Crippen molar-refractivity contribution in [3.8, 4) is 0 Å². The van der Waals surface area contributed by atoms with Gasteiger partial charge < -0.3 is 15.7 Å². The zero-order chi connectivity index (χ0) is 13.5. The summed E-state index contributed by atoms with van der Waals surface area (Å²) in [4.78, 5) is 2.56. The molecule has 0 heterocycles. The standard InChI is InChI=1S/C13H19BrN2OS/c1-2-3-6-16(7-8-17)12-5-4-10(13(15)18)9-11(12)14/h4-5,9,17H,2-3,6-8H2,1H3,(H2,15,18). The molecule has 100 valence electrons. The maximum Gasteiger partial charge on any atom is 0.104 e. The molecule has 0 aliphatic carbocycles. The third-order valence-corrected chi connectivity index (χ3v) is 3.60. The van der Waals surface area contributed by atoms with E-state index in [4.69, 9.17) is 23.1 Å². The van der Waals surface area contributed by atoms with Gasteiger partial charge in [0.05, 0.1) is 12.3 Å². The molecule has 0 radical (unpaired) electrons. The van der Waals surface area contributed by atoms with Crippen LogP contribution in [0.5, 0.6) is 0 Å². The summed E-state index contributed by atoms with van der Waals surface area (Å²) >= 11 is 8.49. The van der Waals surface area contributed by atoms with Gasteiger partial charge in [0.25, 0.3) is 0 Å². The summed E-state index contributed by atoms with van der Waals surface area (Å²) in [5.74, 6) is 0. The molecule has 1 aromatic carbocycles. The fourth-order valence-corrected chi connectivity index (χ4v) is 2.50. The van der Waals surface area contributed by atoms with Gasteiger partial charge in [0.1, 0.15) is 4.99 Å². The lowest BCUT2D eigenvalue weighted by atomic mass is 10.2. The highest BCUT2D eigenvalue weighted by Gasteiger charge is 2.10. The molecule has 0 fully saturated rings. The highest BCUT2D eigenvalue weighted by molar-refractivity contribution is 9.10. The number of anilines is 1. The molecule has 5 heteroatoms. The molecule has 0 bridgehead atoms. The van der Waals surface area contributed by atoms with Gasteiger partial charge in [-0.15, -0.1) is 0 Å². The van der Waals surface area contributed by atoms with Crippen LogP contribution in [0.3, 0.4) is 0 Å². The Balaban J connectivity index is 2.93. The molecule has 0 saturated heterocycles. The van der Waals surface area contributed by atoms with Gasteiger partial charge in [-0.2, -0.15) is 0 Å². The Kier molecular flexibility index (Phi) is 6.60. The molecule has 0 atom stereocenters. The Morgan fingerprint density at radius 3 is 2.67 bits per heavy atom. The van der Waals surface area contributed by atoms with Crippen LogP contribution in [0, 0.1) is 0 Å². The number of benzene rings is 1. The van der Waals surface area contributed by atoms with Gasteiger partial charge in [0, 0.05) is 23.1 Å². The molecule has 3 N–H and O–H groups in total. The summed E-state index contributed by atoms with van der Waals surface area (Å²) < 4.78 is 0.956. The van der Waals surface area contributed by atoms with Crippen LogP contribution in [0.15, 0.2) is 22.7 Å². The molecule has 0 aromatic heterocycles. The Morgan fingerprint density at radius 1 is 1.44 bits per heavy atom. The predicted molar refractivity (Wildman–Crippen MR) is 84.2 cm³/mol. The summed E-state index contributed by atoms with van der Waals surface area (Å²) in [5.41, 5.74) is 7.52. The molecule has 0 unspecified atom stereocenters. The first-order valence-electron chi connectivity index (χ1n) is 6.05. The molecule has 0 aliphatic heterocycles. The lowest BCUT2D eigenvalue weighted by Gasteiger charge is -2.25. The average molecular weight is 331 g/mol. The Hall–Kier alpha value is -0.650. The van der Waals surface area contributed by atoms with E-state index in [0.717, 1.165) is 35.1 Å². The van der Waals surface area contributed by atoms with Gasteiger partial charge in [0.15, 0.2) is 0 Å². The smallest absolute Gasteiger partial charge is 0.104 e. The second-order valence-corrected chi connectivity index (χ2v) is 5.39. The summed E-state index contributed by atoms with van der Waals surface area (Å²) in [6.07, 6.45) is 2.23. The van der Waals surface area contributed by atoms with Gasteiger partial charge in [-0.25, -0.2) is 0 Å². The van der Waals surface area contributed by atoms with Gasteiger partial charge in [-0.3, -0.25) is 0 Å². The van der Waals surface area contributed by atoms with E-state index >= 15 is 0 Å². The van der Waals surface area contributed by atoms with Crippen molar-refractivity contribution in [3.05, 3.63) is 28.2 Å². The van der Waals surface area contributed by atoms with E-state index in [0.29, 0.717) is 11.5 Å². The number of aliphatic hydroxyl groups is 1.